The highest BCUT2D eigenvalue weighted by molar-refractivity contribution is 7.11. The fourth-order valence-electron chi connectivity index (χ4n) is 3.19. The predicted molar refractivity (Wildman–Crippen MR) is 96.3 cm³/mol. The Kier molecular flexibility index (Phi) is 5.45. The van der Waals surface area contributed by atoms with E-state index in [0.717, 1.165) is 11.1 Å². The summed E-state index contributed by atoms with van der Waals surface area (Å²) in [5.41, 5.74) is 2.68. The number of aliphatic hydroxyl groups is 3. The summed E-state index contributed by atoms with van der Waals surface area (Å²) in [6.07, 6.45) is -6.60. The molecule has 2 heterocycles. The van der Waals surface area contributed by atoms with E-state index in [2.05, 4.69) is 12.1 Å². The van der Waals surface area contributed by atoms with Gasteiger partial charge in [-0.1, -0.05) is 18.2 Å². The van der Waals surface area contributed by atoms with Crippen LogP contribution < -0.4 is 0 Å². The predicted octanol–water partition coefficient (Wildman–Crippen LogP) is 1.56. The molecule has 1 aromatic carbocycles. The average molecular weight is 378 g/mol. The van der Waals surface area contributed by atoms with Gasteiger partial charge in [0.15, 0.2) is 6.10 Å². The standard InChI is InChI=1S/C19H22O6S/c1-9-3-5-11(7-12(9)8-13-6-4-10(2)26-13)17-15(21)14(20)16(22)18(25-17)19(23)24/h3-7,14-18,20-22H,8H2,1-2H3,(H,23,24)/t14-,15-,16+,17?,18+/m1/s1. The zero-order chi connectivity index (χ0) is 19.0. The number of aliphatic carboxylic acids is 1. The number of hydrogen-bond acceptors (Lipinski definition) is 6. The van der Waals surface area contributed by atoms with Crippen molar-refractivity contribution in [2.24, 2.45) is 0 Å². The maximum atomic E-state index is 11.3. The molecule has 0 saturated carbocycles. The van der Waals surface area contributed by atoms with Crippen LogP contribution in [0.3, 0.4) is 0 Å². The number of aryl methyl sites for hydroxylation is 2. The summed E-state index contributed by atoms with van der Waals surface area (Å²) in [4.78, 5) is 13.7. The summed E-state index contributed by atoms with van der Waals surface area (Å²) < 4.78 is 5.42. The zero-order valence-electron chi connectivity index (χ0n) is 14.5. The molecule has 1 saturated heterocycles. The third-order valence-electron chi connectivity index (χ3n) is 4.72. The van der Waals surface area contributed by atoms with Crippen LogP contribution in [0.2, 0.25) is 0 Å². The van der Waals surface area contributed by atoms with Gasteiger partial charge in [0.1, 0.15) is 24.4 Å². The summed E-state index contributed by atoms with van der Waals surface area (Å²) in [6, 6.07) is 9.62. The average Bonchev–Trinajstić information content (AvgIpc) is 3.00. The Bertz CT molecular complexity index is 801. The van der Waals surface area contributed by atoms with Gasteiger partial charge in [0.05, 0.1) is 0 Å². The number of ether oxygens (including phenoxy) is 1. The lowest BCUT2D eigenvalue weighted by Crippen LogP contribution is -2.56. The third-order valence-corrected chi connectivity index (χ3v) is 5.72. The molecule has 3 rings (SSSR count). The van der Waals surface area contributed by atoms with E-state index in [9.17, 15) is 25.2 Å². The van der Waals surface area contributed by atoms with Crippen molar-refractivity contribution in [3.63, 3.8) is 0 Å². The number of benzene rings is 1. The second kappa shape index (κ2) is 7.46. The van der Waals surface area contributed by atoms with E-state index in [1.54, 1.807) is 17.4 Å². The van der Waals surface area contributed by atoms with E-state index in [-0.39, 0.29) is 0 Å². The molecule has 2 aromatic rings. The summed E-state index contributed by atoms with van der Waals surface area (Å²) in [7, 11) is 0. The Morgan fingerprint density at radius 1 is 1.08 bits per heavy atom. The van der Waals surface area contributed by atoms with Crippen molar-refractivity contribution in [3.8, 4) is 0 Å². The van der Waals surface area contributed by atoms with E-state index in [1.165, 1.54) is 9.75 Å². The van der Waals surface area contributed by atoms with Crippen LogP contribution in [0.15, 0.2) is 30.3 Å². The van der Waals surface area contributed by atoms with Gasteiger partial charge in [-0.25, -0.2) is 4.79 Å². The first-order chi connectivity index (χ1) is 12.3. The van der Waals surface area contributed by atoms with Gasteiger partial charge in [-0.3, -0.25) is 0 Å². The Hall–Kier alpha value is -1.77. The largest absolute Gasteiger partial charge is 0.479 e. The van der Waals surface area contributed by atoms with Crippen LogP contribution >= 0.6 is 11.3 Å². The van der Waals surface area contributed by atoms with Crippen LogP contribution in [0.4, 0.5) is 0 Å². The molecule has 26 heavy (non-hydrogen) atoms. The van der Waals surface area contributed by atoms with Gasteiger partial charge in [0, 0.05) is 16.2 Å². The quantitative estimate of drug-likeness (QED) is 0.643. The lowest BCUT2D eigenvalue weighted by atomic mass is 9.89. The lowest BCUT2D eigenvalue weighted by Gasteiger charge is -2.39. The third kappa shape index (κ3) is 3.67. The SMILES string of the molecule is Cc1ccc(Cc2cc(C3O[C@H](C(=O)O)[C@@H](O)[C@H](O)[C@H]3O)ccc2C)s1. The highest BCUT2D eigenvalue weighted by Gasteiger charge is 2.47. The molecule has 1 fully saturated rings. The van der Waals surface area contributed by atoms with Gasteiger partial charge in [0.2, 0.25) is 0 Å². The number of carboxylic acid groups (broad SMARTS) is 1. The monoisotopic (exact) mass is 378 g/mol. The zero-order valence-corrected chi connectivity index (χ0v) is 15.3. The second-order valence-electron chi connectivity index (χ2n) is 6.66. The minimum atomic E-state index is -1.68. The Labute approximate surface area is 155 Å². The maximum Gasteiger partial charge on any atom is 0.335 e. The fourth-order valence-corrected chi connectivity index (χ4v) is 4.10. The molecule has 1 aromatic heterocycles. The van der Waals surface area contributed by atoms with Gasteiger partial charge in [-0.2, -0.15) is 0 Å². The summed E-state index contributed by atoms with van der Waals surface area (Å²) in [5, 5.41) is 39.3. The molecule has 1 aliphatic rings. The molecule has 0 radical (unpaired) electrons. The molecule has 5 atom stereocenters. The highest BCUT2D eigenvalue weighted by atomic mass is 32.1. The first kappa shape index (κ1) is 19.0. The van der Waals surface area contributed by atoms with Crippen LogP contribution in [0.5, 0.6) is 0 Å². The van der Waals surface area contributed by atoms with E-state index >= 15 is 0 Å². The minimum absolute atomic E-state index is 0.573. The van der Waals surface area contributed by atoms with Gasteiger partial charge >= 0.3 is 5.97 Å². The van der Waals surface area contributed by atoms with Gasteiger partial charge < -0.3 is 25.2 Å². The highest BCUT2D eigenvalue weighted by Crippen LogP contribution is 2.34. The maximum absolute atomic E-state index is 11.3. The van der Waals surface area contributed by atoms with Crippen molar-refractivity contribution in [2.45, 2.75) is 50.8 Å². The first-order valence-corrected chi connectivity index (χ1v) is 9.16. The molecule has 1 unspecified atom stereocenters. The smallest absolute Gasteiger partial charge is 0.335 e. The van der Waals surface area contributed by atoms with E-state index < -0.39 is 36.5 Å². The molecular weight excluding hydrogens is 356 g/mol. The van der Waals surface area contributed by atoms with Gasteiger partial charge in [-0.15, -0.1) is 11.3 Å². The number of carbonyl (C=O) groups is 1. The molecule has 140 valence electrons. The van der Waals surface area contributed by atoms with Crippen LogP contribution in [0.25, 0.3) is 0 Å². The van der Waals surface area contributed by atoms with Crippen molar-refractivity contribution in [2.75, 3.05) is 0 Å². The Morgan fingerprint density at radius 3 is 2.42 bits per heavy atom. The lowest BCUT2D eigenvalue weighted by molar-refractivity contribution is -0.229. The van der Waals surface area contributed by atoms with Gasteiger partial charge in [-0.05, 0) is 42.7 Å². The fraction of sp³-hybridized carbons (Fsp3) is 0.421. The normalized spacial score (nSPS) is 28.9. The molecule has 0 aliphatic carbocycles. The number of thiophene rings is 1. The van der Waals surface area contributed by atoms with Crippen LogP contribution in [-0.2, 0) is 16.0 Å². The van der Waals surface area contributed by atoms with Gasteiger partial charge in [0.25, 0.3) is 0 Å². The van der Waals surface area contributed by atoms with Crippen molar-refractivity contribution in [1.82, 2.24) is 0 Å². The molecule has 0 bridgehead atoms. The molecule has 0 amide bonds. The molecule has 6 nitrogen and oxygen atoms in total. The first-order valence-electron chi connectivity index (χ1n) is 8.35. The van der Waals surface area contributed by atoms with Crippen molar-refractivity contribution in [3.05, 3.63) is 56.8 Å². The summed E-state index contributed by atoms with van der Waals surface area (Å²) in [5.74, 6) is -1.38. The van der Waals surface area contributed by atoms with Crippen LogP contribution in [0.1, 0.15) is 32.5 Å². The van der Waals surface area contributed by atoms with Crippen molar-refractivity contribution < 1.29 is 30.0 Å². The molecular formula is C19H22O6S. The number of hydrogen-bond donors (Lipinski definition) is 4. The summed E-state index contributed by atoms with van der Waals surface area (Å²) >= 11 is 1.71. The van der Waals surface area contributed by atoms with E-state index in [0.29, 0.717) is 12.0 Å². The Morgan fingerprint density at radius 2 is 1.81 bits per heavy atom. The van der Waals surface area contributed by atoms with Crippen LogP contribution in [0, 0.1) is 13.8 Å². The Balaban J connectivity index is 1.90. The number of aliphatic hydroxyl groups excluding tert-OH is 3. The summed E-state index contributed by atoms with van der Waals surface area (Å²) in [6.45, 7) is 4.03. The van der Waals surface area contributed by atoms with Crippen molar-refractivity contribution in [1.29, 1.82) is 0 Å². The number of carboxylic acids is 1. The second-order valence-corrected chi connectivity index (χ2v) is 8.03. The van der Waals surface area contributed by atoms with Crippen molar-refractivity contribution >= 4 is 17.3 Å². The molecule has 1 aliphatic heterocycles. The molecule has 0 spiro atoms. The van der Waals surface area contributed by atoms with E-state index in [4.69, 9.17) is 4.74 Å². The molecule has 7 heteroatoms. The van der Waals surface area contributed by atoms with E-state index in [1.807, 2.05) is 26.0 Å². The number of rotatable bonds is 4. The topological polar surface area (TPSA) is 107 Å². The van der Waals surface area contributed by atoms with Crippen LogP contribution in [-0.4, -0.2) is 50.8 Å². The molecule has 4 N–H and O–H groups in total. The minimum Gasteiger partial charge on any atom is -0.479 e.